The van der Waals surface area contributed by atoms with Crippen molar-refractivity contribution in [3.63, 3.8) is 0 Å². The molecule has 100 valence electrons. The molecule has 17 heavy (non-hydrogen) atoms. The first kappa shape index (κ1) is 14.5. The number of piperidine rings is 1. The maximum Gasteiger partial charge on any atom is 0.222 e. The highest BCUT2D eigenvalue weighted by Crippen LogP contribution is 2.12. The average molecular weight is 242 g/mol. The van der Waals surface area contributed by atoms with Gasteiger partial charge in [-0.1, -0.05) is 6.92 Å². The molecule has 0 bridgehead atoms. The van der Waals surface area contributed by atoms with Gasteiger partial charge in [0.2, 0.25) is 5.91 Å². The van der Waals surface area contributed by atoms with Gasteiger partial charge in [0, 0.05) is 32.7 Å². The van der Waals surface area contributed by atoms with E-state index in [0.717, 1.165) is 38.9 Å². The molecule has 1 aliphatic rings. The Hall–Kier alpha value is -0.610. The number of hydrogen-bond acceptors (Lipinski definition) is 3. The van der Waals surface area contributed by atoms with Crippen LogP contribution >= 0.6 is 0 Å². The minimum atomic E-state index is 0.179. The van der Waals surface area contributed by atoms with Gasteiger partial charge >= 0.3 is 0 Å². The summed E-state index contributed by atoms with van der Waals surface area (Å²) in [7, 11) is 1.69. The van der Waals surface area contributed by atoms with Gasteiger partial charge in [0.15, 0.2) is 0 Å². The second-order valence-corrected chi connectivity index (χ2v) is 4.80. The Labute approximate surface area is 105 Å². The van der Waals surface area contributed by atoms with Gasteiger partial charge in [-0.15, -0.1) is 0 Å². The van der Waals surface area contributed by atoms with Crippen LogP contribution in [0.15, 0.2) is 0 Å². The first-order valence-electron chi connectivity index (χ1n) is 6.71. The number of carbonyl (C=O) groups excluding carboxylic acids is 1. The Morgan fingerprint density at radius 3 is 2.65 bits per heavy atom. The lowest BCUT2D eigenvalue weighted by atomic mass is 10.0. The van der Waals surface area contributed by atoms with Gasteiger partial charge in [-0.2, -0.15) is 0 Å². The standard InChI is InChI=1S/C13H26N2O2/c1-4-14-12-7-9-15(10-8-12)13(16)6-5-11(2)17-3/h11-12,14H,4-10H2,1-3H3. The highest BCUT2D eigenvalue weighted by Gasteiger charge is 2.21. The molecule has 0 spiro atoms. The second-order valence-electron chi connectivity index (χ2n) is 4.80. The molecule has 4 nitrogen and oxygen atoms in total. The van der Waals surface area contributed by atoms with Crippen molar-refractivity contribution in [3.8, 4) is 0 Å². The van der Waals surface area contributed by atoms with Crippen LogP contribution in [0.3, 0.4) is 0 Å². The SMILES string of the molecule is CCNC1CCN(C(=O)CCC(C)OC)CC1. The fraction of sp³-hybridized carbons (Fsp3) is 0.923. The third kappa shape index (κ3) is 5.04. The molecule has 0 aromatic carbocycles. The fourth-order valence-corrected chi connectivity index (χ4v) is 2.22. The summed E-state index contributed by atoms with van der Waals surface area (Å²) >= 11 is 0. The molecular formula is C13H26N2O2. The monoisotopic (exact) mass is 242 g/mol. The van der Waals surface area contributed by atoms with Crippen molar-refractivity contribution in [2.75, 3.05) is 26.7 Å². The first-order chi connectivity index (χ1) is 8.17. The van der Waals surface area contributed by atoms with Gasteiger partial charge in [-0.25, -0.2) is 0 Å². The number of nitrogens with one attached hydrogen (secondary N) is 1. The summed E-state index contributed by atoms with van der Waals surface area (Å²) in [6.45, 7) is 6.95. The van der Waals surface area contributed by atoms with E-state index in [9.17, 15) is 4.79 Å². The van der Waals surface area contributed by atoms with Crippen LogP contribution in [0.1, 0.15) is 39.5 Å². The zero-order valence-electron chi connectivity index (χ0n) is 11.4. The summed E-state index contributed by atoms with van der Waals surface area (Å²) in [6.07, 6.45) is 3.78. The van der Waals surface area contributed by atoms with Crippen molar-refractivity contribution in [2.24, 2.45) is 0 Å². The normalized spacial score (nSPS) is 19.4. The van der Waals surface area contributed by atoms with Crippen LogP contribution in [-0.2, 0) is 9.53 Å². The summed E-state index contributed by atoms with van der Waals surface area (Å²) in [6, 6.07) is 0.599. The second kappa shape index (κ2) is 7.67. The number of methoxy groups -OCH3 is 1. The quantitative estimate of drug-likeness (QED) is 0.765. The molecule has 1 amide bonds. The molecule has 0 saturated carbocycles. The number of carbonyl (C=O) groups is 1. The van der Waals surface area contributed by atoms with Crippen molar-refractivity contribution in [1.82, 2.24) is 10.2 Å². The third-order valence-electron chi connectivity index (χ3n) is 3.51. The summed E-state index contributed by atoms with van der Waals surface area (Å²) in [5.74, 6) is 0.281. The van der Waals surface area contributed by atoms with Crippen molar-refractivity contribution < 1.29 is 9.53 Å². The summed E-state index contributed by atoms with van der Waals surface area (Å²) in [5.41, 5.74) is 0. The molecule has 0 aliphatic carbocycles. The van der Waals surface area contributed by atoms with Gasteiger partial charge < -0.3 is 15.0 Å². The molecule has 1 atom stereocenters. The minimum Gasteiger partial charge on any atom is -0.382 e. The average Bonchev–Trinajstić information content (AvgIpc) is 2.36. The number of hydrogen-bond donors (Lipinski definition) is 1. The van der Waals surface area contributed by atoms with E-state index in [1.54, 1.807) is 7.11 Å². The third-order valence-corrected chi connectivity index (χ3v) is 3.51. The zero-order chi connectivity index (χ0) is 12.7. The first-order valence-corrected chi connectivity index (χ1v) is 6.71. The van der Waals surface area contributed by atoms with Gasteiger partial charge in [-0.3, -0.25) is 4.79 Å². The largest absolute Gasteiger partial charge is 0.382 e. The van der Waals surface area contributed by atoms with Crippen LogP contribution < -0.4 is 5.32 Å². The zero-order valence-corrected chi connectivity index (χ0v) is 11.4. The van der Waals surface area contributed by atoms with E-state index in [1.807, 2.05) is 11.8 Å². The lowest BCUT2D eigenvalue weighted by Gasteiger charge is -2.32. The van der Waals surface area contributed by atoms with E-state index in [1.165, 1.54) is 0 Å². The molecule has 1 saturated heterocycles. The van der Waals surface area contributed by atoms with Crippen LogP contribution in [0, 0.1) is 0 Å². The van der Waals surface area contributed by atoms with Crippen LogP contribution in [0.25, 0.3) is 0 Å². The number of amides is 1. The Bertz CT molecular complexity index is 225. The summed E-state index contributed by atoms with van der Waals surface area (Å²) in [4.78, 5) is 13.9. The molecule has 1 heterocycles. The Morgan fingerprint density at radius 1 is 1.47 bits per heavy atom. The molecule has 1 aliphatic heterocycles. The highest BCUT2D eigenvalue weighted by molar-refractivity contribution is 5.76. The topological polar surface area (TPSA) is 41.6 Å². The van der Waals surface area contributed by atoms with E-state index in [0.29, 0.717) is 12.5 Å². The predicted molar refractivity (Wildman–Crippen MR) is 69.0 cm³/mol. The molecule has 1 N–H and O–H groups in total. The van der Waals surface area contributed by atoms with E-state index in [4.69, 9.17) is 4.74 Å². The Balaban J connectivity index is 2.21. The van der Waals surface area contributed by atoms with E-state index in [2.05, 4.69) is 12.2 Å². The van der Waals surface area contributed by atoms with Gasteiger partial charge in [0.1, 0.15) is 0 Å². The molecule has 1 fully saturated rings. The Morgan fingerprint density at radius 2 is 2.12 bits per heavy atom. The summed E-state index contributed by atoms with van der Waals surface area (Å²) in [5, 5.41) is 3.45. The van der Waals surface area contributed by atoms with E-state index >= 15 is 0 Å². The van der Waals surface area contributed by atoms with Crippen LogP contribution in [0.4, 0.5) is 0 Å². The molecule has 0 radical (unpaired) electrons. The smallest absolute Gasteiger partial charge is 0.222 e. The van der Waals surface area contributed by atoms with E-state index in [-0.39, 0.29) is 12.0 Å². The van der Waals surface area contributed by atoms with Crippen LogP contribution in [0.2, 0.25) is 0 Å². The van der Waals surface area contributed by atoms with Crippen LogP contribution in [0.5, 0.6) is 0 Å². The molecule has 1 rings (SSSR count). The van der Waals surface area contributed by atoms with Gasteiger partial charge in [0.05, 0.1) is 6.10 Å². The van der Waals surface area contributed by atoms with Crippen molar-refractivity contribution >= 4 is 5.91 Å². The number of rotatable bonds is 6. The molecule has 0 aromatic heterocycles. The Kier molecular flexibility index (Phi) is 6.52. The summed E-state index contributed by atoms with van der Waals surface area (Å²) < 4.78 is 5.16. The number of ether oxygens (including phenoxy) is 1. The highest BCUT2D eigenvalue weighted by atomic mass is 16.5. The minimum absolute atomic E-state index is 0.179. The van der Waals surface area contributed by atoms with Crippen LogP contribution in [-0.4, -0.2) is 49.7 Å². The number of nitrogens with zero attached hydrogens (tertiary/aromatic N) is 1. The van der Waals surface area contributed by atoms with Gasteiger partial charge in [0.25, 0.3) is 0 Å². The fourth-order valence-electron chi connectivity index (χ4n) is 2.22. The molecule has 1 unspecified atom stereocenters. The molecule has 4 heteroatoms. The maximum atomic E-state index is 11.9. The maximum absolute atomic E-state index is 11.9. The number of likely N-dealkylation sites (tertiary alicyclic amines) is 1. The van der Waals surface area contributed by atoms with E-state index < -0.39 is 0 Å². The molecule has 0 aromatic rings. The van der Waals surface area contributed by atoms with Crippen molar-refractivity contribution in [3.05, 3.63) is 0 Å². The lowest BCUT2D eigenvalue weighted by Crippen LogP contribution is -2.44. The molecular weight excluding hydrogens is 216 g/mol. The van der Waals surface area contributed by atoms with Crippen molar-refractivity contribution in [2.45, 2.75) is 51.7 Å². The predicted octanol–water partition coefficient (Wildman–Crippen LogP) is 1.40. The van der Waals surface area contributed by atoms with Gasteiger partial charge in [-0.05, 0) is 32.7 Å². The lowest BCUT2D eigenvalue weighted by molar-refractivity contribution is -0.132. The van der Waals surface area contributed by atoms with Crippen molar-refractivity contribution in [1.29, 1.82) is 0 Å².